The Hall–Kier alpha value is -0.590. The number of hydrogen-bond donors (Lipinski definition) is 0. The highest BCUT2D eigenvalue weighted by Crippen LogP contribution is 2.08. The lowest BCUT2D eigenvalue weighted by atomic mass is 10.1. The number of ether oxygens (including phenoxy) is 2. The van der Waals surface area contributed by atoms with Gasteiger partial charge in [0.05, 0.1) is 31.3 Å². The highest BCUT2D eigenvalue weighted by atomic mass is 16.5. The summed E-state index contributed by atoms with van der Waals surface area (Å²) in [5, 5.41) is 8.34. The Morgan fingerprint density at radius 3 is 2.07 bits per heavy atom. The van der Waals surface area contributed by atoms with Gasteiger partial charge in [-0.2, -0.15) is 5.26 Å². The molecule has 0 aliphatic rings. The van der Waals surface area contributed by atoms with Crippen molar-refractivity contribution in [2.24, 2.45) is 0 Å². The maximum Gasteiger partial charge on any atom is 0.0645 e. The van der Waals surface area contributed by atoms with Crippen LogP contribution in [0.1, 0.15) is 46.5 Å². The van der Waals surface area contributed by atoms with E-state index in [-0.39, 0.29) is 6.10 Å². The summed E-state index contributed by atoms with van der Waals surface area (Å²) in [6.45, 7) is 7.63. The average Bonchev–Trinajstić information content (AvgIpc) is 2.24. The van der Waals surface area contributed by atoms with E-state index in [1.54, 1.807) is 0 Å². The van der Waals surface area contributed by atoms with E-state index in [9.17, 15) is 0 Å². The van der Waals surface area contributed by atoms with Crippen molar-refractivity contribution in [1.29, 1.82) is 5.26 Å². The van der Waals surface area contributed by atoms with E-state index in [1.807, 2.05) is 6.92 Å². The molecule has 0 saturated heterocycles. The Morgan fingerprint density at radius 2 is 1.60 bits per heavy atom. The van der Waals surface area contributed by atoms with Gasteiger partial charge < -0.3 is 9.47 Å². The molecule has 2 unspecified atom stereocenters. The van der Waals surface area contributed by atoms with Gasteiger partial charge in [-0.1, -0.05) is 6.92 Å². The molecule has 0 aromatic rings. The normalized spacial score (nSPS) is 14.5. The molecule has 0 saturated carbocycles. The van der Waals surface area contributed by atoms with E-state index in [1.165, 1.54) is 0 Å². The van der Waals surface area contributed by atoms with Crippen molar-refractivity contribution in [1.82, 2.24) is 0 Å². The van der Waals surface area contributed by atoms with Crippen LogP contribution in [0, 0.1) is 11.3 Å². The summed E-state index contributed by atoms with van der Waals surface area (Å²) < 4.78 is 11.0. The van der Waals surface area contributed by atoms with Gasteiger partial charge in [-0.15, -0.1) is 0 Å². The van der Waals surface area contributed by atoms with Gasteiger partial charge in [-0.3, -0.25) is 0 Å². The molecule has 0 rings (SSSR count). The standard InChI is InChI=1S/C12H23NO2/c1-4-9-14-11(2)6-7-12(3)15-10-5-8-13/h11-12H,4-7,9-10H2,1-3H3. The summed E-state index contributed by atoms with van der Waals surface area (Å²) in [6, 6.07) is 2.07. The van der Waals surface area contributed by atoms with Crippen LogP contribution in [0.15, 0.2) is 0 Å². The van der Waals surface area contributed by atoms with E-state index in [0.29, 0.717) is 19.1 Å². The van der Waals surface area contributed by atoms with Gasteiger partial charge in [-0.05, 0) is 33.1 Å². The minimum absolute atomic E-state index is 0.228. The molecule has 0 radical (unpaired) electrons. The second kappa shape index (κ2) is 9.95. The molecule has 2 atom stereocenters. The third-order valence-electron chi connectivity index (χ3n) is 2.20. The fourth-order valence-electron chi connectivity index (χ4n) is 1.26. The summed E-state index contributed by atoms with van der Waals surface area (Å²) in [5.74, 6) is 0. The summed E-state index contributed by atoms with van der Waals surface area (Å²) in [6.07, 6.45) is 4.10. The van der Waals surface area contributed by atoms with Crippen LogP contribution in [0.25, 0.3) is 0 Å². The van der Waals surface area contributed by atoms with E-state index in [2.05, 4.69) is 19.9 Å². The highest BCUT2D eigenvalue weighted by molar-refractivity contribution is 4.68. The number of nitriles is 1. The molecule has 0 amide bonds. The zero-order chi connectivity index (χ0) is 11.5. The van der Waals surface area contributed by atoms with Gasteiger partial charge in [0, 0.05) is 6.61 Å². The van der Waals surface area contributed by atoms with Gasteiger partial charge >= 0.3 is 0 Å². The molecular weight excluding hydrogens is 190 g/mol. The molecule has 15 heavy (non-hydrogen) atoms. The quantitative estimate of drug-likeness (QED) is 0.553. The van der Waals surface area contributed by atoms with E-state index in [4.69, 9.17) is 14.7 Å². The number of rotatable bonds is 9. The third kappa shape index (κ3) is 9.71. The van der Waals surface area contributed by atoms with Gasteiger partial charge in [-0.25, -0.2) is 0 Å². The van der Waals surface area contributed by atoms with Gasteiger partial charge in [0.1, 0.15) is 0 Å². The second-order valence-electron chi connectivity index (χ2n) is 3.85. The minimum atomic E-state index is 0.228. The van der Waals surface area contributed by atoms with Crippen molar-refractivity contribution in [2.45, 2.75) is 58.7 Å². The Bertz CT molecular complexity index is 177. The third-order valence-corrected chi connectivity index (χ3v) is 2.20. The smallest absolute Gasteiger partial charge is 0.0645 e. The summed E-state index contributed by atoms with van der Waals surface area (Å²) in [5.41, 5.74) is 0. The first-order chi connectivity index (χ1) is 7.20. The zero-order valence-corrected chi connectivity index (χ0v) is 10.2. The molecular formula is C12H23NO2. The van der Waals surface area contributed by atoms with E-state index >= 15 is 0 Å². The molecule has 0 N–H and O–H groups in total. The van der Waals surface area contributed by atoms with Gasteiger partial charge in [0.2, 0.25) is 0 Å². The summed E-state index contributed by atoms with van der Waals surface area (Å²) >= 11 is 0. The molecule has 3 nitrogen and oxygen atoms in total. The molecule has 88 valence electrons. The summed E-state index contributed by atoms with van der Waals surface area (Å²) in [7, 11) is 0. The van der Waals surface area contributed by atoms with Crippen LogP contribution in [0.4, 0.5) is 0 Å². The van der Waals surface area contributed by atoms with Gasteiger partial charge in [0.25, 0.3) is 0 Å². The molecule has 0 aliphatic carbocycles. The van der Waals surface area contributed by atoms with Crippen molar-refractivity contribution in [3.63, 3.8) is 0 Å². The molecule has 3 heteroatoms. The Labute approximate surface area is 93.4 Å². The van der Waals surface area contributed by atoms with Crippen molar-refractivity contribution in [2.75, 3.05) is 13.2 Å². The van der Waals surface area contributed by atoms with Crippen LogP contribution < -0.4 is 0 Å². The minimum Gasteiger partial charge on any atom is -0.379 e. The predicted octanol–water partition coefficient (Wildman–Crippen LogP) is 2.90. The average molecular weight is 213 g/mol. The second-order valence-corrected chi connectivity index (χ2v) is 3.85. The first kappa shape index (κ1) is 14.4. The number of hydrogen-bond acceptors (Lipinski definition) is 3. The maximum atomic E-state index is 8.34. The SMILES string of the molecule is CCCOC(C)CCC(C)OCCC#N. The van der Waals surface area contributed by atoms with Crippen LogP contribution in [0.3, 0.4) is 0 Å². The monoisotopic (exact) mass is 213 g/mol. The Balaban J connectivity index is 3.36. The lowest BCUT2D eigenvalue weighted by molar-refractivity contribution is 0.0271. The Morgan fingerprint density at radius 1 is 1.07 bits per heavy atom. The topological polar surface area (TPSA) is 42.2 Å². The van der Waals surface area contributed by atoms with Crippen LogP contribution in [0.2, 0.25) is 0 Å². The first-order valence-corrected chi connectivity index (χ1v) is 5.80. The molecule has 0 spiro atoms. The van der Waals surface area contributed by atoms with Crippen LogP contribution in [-0.4, -0.2) is 25.4 Å². The lowest BCUT2D eigenvalue weighted by Crippen LogP contribution is -2.15. The molecule has 0 fully saturated rings. The largest absolute Gasteiger partial charge is 0.379 e. The van der Waals surface area contributed by atoms with Crippen molar-refractivity contribution < 1.29 is 9.47 Å². The fourth-order valence-corrected chi connectivity index (χ4v) is 1.26. The van der Waals surface area contributed by atoms with E-state index < -0.39 is 0 Å². The number of nitrogens with zero attached hydrogens (tertiary/aromatic N) is 1. The lowest BCUT2D eigenvalue weighted by Gasteiger charge is -2.16. The predicted molar refractivity (Wildman–Crippen MR) is 60.6 cm³/mol. The van der Waals surface area contributed by atoms with Crippen LogP contribution >= 0.6 is 0 Å². The van der Waals surface area contributed by atoms with Crippen LogP contribution in [0.5, 0.6) is 0 Å². The van der Waals surface area contributed by atoms with E-state index in [0.717, 1.165) is 25.9 Å². The molecule has 0 aliphatic heterocycles. The first-order valence-electron chi connectivity index (χ1n) is 5.80. The molecule has 0 aromatic carbocycles. The van der Waals surface area contributed by atoms with Crippen LogP contribution in [-0.2, 0) is 9.47 Å². The fraction of sp³-hybridized carbons (Fsp3) is 0.917. The van der Waals surface area contributed by atoms with Crippen molar-refractivity contribution in [3.05, 3.63) is 0 Å². The molecule has 0 heterocycles. The zero-order valence-electron chi connectivity index (χ0n) is 10.2. The van der Waals surface area contributed by atoms with Crippen molar-refractivity contribution >= 4 is 0 Å². The molecule has 0 aromatic heterocycles. The Kier molecular flexibility index (Phi) is 9.55. The summed E-state index contributed by atoms with van der Waals surface area (Å²) in [4.78, 5) is 0. The maximum absolute atomic E-state index is 8.34. The van der Waals surface area contributed by atoms with Crippen molar-refractivity contribution in [3.8, 4) is 6.07 Å². The van der Waals surface area contributed by atoms with Gasteiger partial charge in [0.15, 0.2) is 0 Å². The highest BCUT2D eigenvalue weighted by Gasteiger charge is 2.06. The molecule has 0 bridgehead atoms.